The predicted molar refractivity (Wildman–Crippen MR) is 60.7 cm³/mol. The highest BCUT2D eigenvalue weighted by molar-refractivity contribution is 9.10. The normalized spacial score (nSPS) is 10.5. The van der Waals surface area contributed by atoms with Gasteiger partial charge in [-0.05, 0) is 47.5 Å². The van der Waals surface area contributed by atoms with E-state index < -0.39 is 0 Å². The van der Waals surface area contributed by atoms with Crippen molar-refractivity contribution in [1.82, 2.24) is 9.55 Å². The first-order chi connectivity index (χ1) is 6.66. The Morgan fingerprint density at radius 2 is 2.07 bits per heavy atom. The van der Waals surface area contributed by atoms with Gasteiger partial charge in [0.1, 0.15) is 10.4 Å². The molecule has 0 bridgehead atoms. The molecule has 0 aliphatic carbocycles. The molecule has 0 radical (unpaired) electrons. The maximum Gasteiger partial charge on any atom is 0.124 e. The number of nitrogens with zero attached hydrogens (tertiary/aromatic N) is 2. The summed E-state index contributed by atoms with van der Waals surface area (Å²) in [5.41, 5.74) is 2.41. The fraction of sp³-hybridized carbons (Fsp3) is 0.182. The second-order valence-electron chi connectivity index (χ2n) is 3.32. The highest BCUT2D eigenvalue weighted by Crippen LogP contribution is 2.16. The number of imidazole rings is 1. The zero-order chi connectivity index (χ0) is 10.1. The molecule has 72 valence electrons. The minimum absolute atomic E-state index is 0.872. The molecule has 2 rings (SSSR count). The lowest BCUT2D eigenvalue weighted by atomic mass is 10.2. The van der Waals surface area contributed by atoms with Crippen LogP contribution >= 0.6 is 15.9 Å². The van der Waals surface area contributed by atoms with E-state index in [-0.39, 0.29) is 0 Å². The SMILES string of the molecule is Cc1cccc(-n2cc(Br)nc2C)c1. The Kier molecular flexibility index (Phi) is 2.42. The third kappa shape index (κ3) is 1.73. The highest BCUT2D eigenvalue weighted by Gasteiger charge is 2.03. The second-order valence-corrected chi connectivity index (χ2v) is 4.13. The standard InChI is InChI=1S/C11H11BrN2/c1-8-4-3-5-10(6-8)14-7-11(12)13-9(14)2/h3-7H,1-2H3. The van der Waals surface area contributed by atoms with Crippen LogP contribution in [0, 0.1) is 13.8 Å². The summed E-state index contributed by atoms with van der Waals surface area (Å²) >= 11 is 3.37. The van der Waals surface area contributed by atoms with E-state index in [4.69, 9.17) is 0 Å². The molecule has 0 N–H and O–H groups in total. The molecule has 14 heavy (non-hydrogen) atoms. The average Bonchev–Trinajstić information content (AvgIpc) is 2.45. The first kappa shape index (κ1) is 9.46. The molecule has 0 amide bonds. The fourth-order valence-electron chi connectivity index (χ4n) is 1.48. The van der Waals surface area contributed by atoms with Gasteiger partial charge in [-0.15, -0.1) is 0 Å². The predicted octanol–water partition coefficient (Wildman–Crippen LogP) is 3.25. The quantitative estimate of drug-likeness (QED) is 0.760. The molecule has 1 heterocycles. The van der Waals surface area contributed by atoms with Crippen LogP contribution in [-0.4, -0.2) is 9.55 Å². The van der Waals surface area contributed by atoms with Crippen molar-refractivity contribution in [1.29, 1.82) is 0 Å². The highest BCUT2D eigenvalue weighted by atomic mass is 79.9. The third-order valence-electron chi connectivity index (χ3n) is 2.13. The Hall–Kier alpha value is -1.09. The van der Waals surface area contributed by atoms with Gasteiger partial charge in [-0.3, -0.25) is 0 Å². The van der Waals surface area contributed by atoms with Crippen molar-refractivity contribution in [2.75, 3.05) is 0 Å². The summed E-state index contributed by atoms with van der Waals surface area (Å²) in [6.07, 6.45) is 1.98. The Bertz CT molecular complexity index is 460. The minimum atomic E-state index is 0.872. The molecule has 0 aliphatic rings. The Morgan fingerprint density at radius 3 is 2.64 bits per heavy atom. The van der Waals surface area contributed by atoms with E-state index in [1.165, 1.54) is 5.56 Å². The maximum absolute atomic E-state index is 4.30. The van der Waals surface area contributed by atoms with Gasteiger partial charge < -0.3 is 4.57 Å². The van der Waals surface area contributed by atoms with Gasteiger partial charge in [-0.1, -0.05) is 12.1 Å². The van der Waals surface area contributed by atoms with Crippen LogP contribution in [0.1, 0.15) is 11.4 Å². The largest absolute Gasteiger partial charge is 0.303 e. The van der Waals surface area contributed by atoms with Gasteiger partial charge in [0.15, 0.2) is 0 Å². The van der Waals surface area contributed by atoms with Crippen molar-refractivity contribution >= 4 is 15.9 Å². The van der Waals surface area contributed by atoms with Crippen LogP contribution in [0.4, 0.5) is 0 Å². The Morgan fingerprint density at radius 1 is 1.29 bits per heavy atom. The molecule has 1 aromatic heterocycles. The summed E-state index contributed by atoms with van der Waals surface area (Å²) in [4.78, 5) is 4.30. The molecular weight excluding hydrogens is 240 g/mol. The topological polar surface area (TPSA) is 17.8 Å². The number of hydrogen-bond donors (Lipinski definition) is 0. The van der Waals surface area contributed by atoms with Gasteiger partial charge in [0.25, 0.3) is 0 Å². The number of hydrogen-bond acceptors (Lipinski definition) is 1. The van der Waals surface area contributed by atoms with Crippen LogP contribution in [0.25, 0.3) is 5.69 Å². The summed E-state index contributed by atoms with van der Waals surface area (Å²) in [5.74, 6) is 0.988. The number of halogens is 1. The summed E-state index contributed by atoms with van der Waals surface area (Å²) in [6.45, 7) is 4.08. The van der Waals surface area contributed by atoms with Gasteiger partial charge in [0.05, 0.1) is 0 Å². The van der Waals surface area contributed by atoms with Crippen molar-refractivity contribution in [2.45, 2.75) is 13.8 Å². The molecule has 0 aliphatic heterocycles. The van der Waals surface area contributed by atoms with Crippen molar-refractivity contribution in [3.63, 3.8) is 0 Å². The molecule has 3 heteroatoms. The summed E-state index contributed by atoms with van der Waals surface area (Å²) in [7, 11) is 0. The fourth-order valence-corrected chi connectivity index (χ4v) is 1.94. The maximum atomic E-state index is 4.30. The smallest absolute Gasteiger partial charge is 0.124 e. The second kappa shape index (κ2) is 3.58. The third-order valence-corrected chi connectivity index (χ3v) is 2.51. The number of aryl methyl sites for hydroxylation is 2. The van der Waals surface area contributed by atoms with Crippen LogP contribution < -0.4 is 0 Å². The van der Waals surface area contributed by atoms with E-state index in [1.807, 2.05) is 13.1 Å². The molecule has 2 aromatic rings. The minimum Gasteiger partial charge on any atom is -0.303 e. The monoisotopic (exact) mass is 250 g/mol. The van der Waals surface area contributed by atoms with E-state index in [2.05, 4.69) is 56.7 Å². The number of aromatic nitrogens is 2. The molecular formula is C11H11BrN2. The van der Waals surface area contributed by atoms with Crippen molar-refractivity contribution in [3.8, 4) is 5.69 Å². The summed E-state index contributed by atoms with van der Waals surface area (Å²) < 4.78 is 2.94. The van der Waals surface area contributed by atoms with Crippen LogP contribution in [0.15, 0.2) is 35.1 Å². The Labute approximate surface area is 91.7 Å². The lowest BCUT2D eigenvalue weighted by Gasteiger charge is -2.04. The average molecular weight is 251 g/mol. The van der Waals surface area contributed by atoms with Gasteiger partial charge >= 0.3 is 0 Å². The number of rotatable bonds is 1. The van der Waals surface area contributed by atoms with Gasteiger partial charge in [-0.2, -0.15) is 0 Å². The first-order valence-electron chi connectivity index (χ1n) is 4.45. The zero-order valence-corrected chi connectivity index (χ0v) is 9.75. The van der Waals surface area contributed by atoms with Crippen molar-refractivity contribution in [3.05, 3.63) is 46.5 Å². The molecule has 1 aromatic carbocycles. The summed E-state index contributed by atoms with van der Waals surface area (Å²) in [5, 5.41) is 0. The molecule has 0 saturated carbocycles. The summed E-state index contributed by atoms with van der Waals surface area (Å²) in [6, 6.07) is 8.36. The van der Waals surface area contributed by atoms with E-state index >= 15 is 0 Å². The van der Waals surface area contributed by atoms with Crippen LogP contribution in [-0.2, 0) is 0 Å². The van der Waals surface area contributed by atoms with Crippen LogP contribution in [0.3, 0.4) is 0 Å². The van der Waals surface area contributed by atoms with Gasteiger partial charge in [0.2, 0.25) is 0 Å². The molecule has 0 unspecified atom stereocenters. The van der Waals surface area contributed by atoms with Crippen LogP contribution in [0.5, 0.6) is 0 Å². The van der Waals surface area contributed by atoms with E-state index in [0.717, 1.165) is 16.1 Å². The first-order valence-corrected chi connectivity index (χ1v) is 5.24. The molecule has 0 saturated heterocycles. The molecule has 0 fully saturated rings. The molecule has 0 atom stereocenters. The molecule has 2 nitrogen and oxygen atoms in total. The lowest BCUT2D eigenvalue weighted by Crippen LogP contribution is -1.95. The Balaban J connectivity index is 2.54. The lowest BCUT2D eigenvalue weighted by molar-refractivity contribution is 0.972. The van der Waals surface area contributed by atoms with Crippen LogP contribution in [0.2, 0.25) is 0 Å². The van der Waals surface area contributed by atoms with Crippen molar-refractivity contribution in [2.24, 2.45) is 0 Å². The van der Waals surface area contributed by atoms with E-state index in [0.29, 0.717) is 0 Å². The molecule has 0 spiro atoms. The van der Waals surface area contributed by atoms with Crippen molar-refractivity contribution < 1.29 is 0 Å². The van der Waals surface area contributed by atoms with E-state index in [1.54, 1.807) is 0 Å². The number of benzene rings is 1. The van der Waals surface area contributed by atoms with Gasteiger partial charge in [-0.25, -0.2) is 4.98 Å². The zero-order valence-electron chi connectivity index (χ0n) is 8.16. The van der Waals surface area contributed by atoms with Gasteiger partial charge in [0, 0.05) is 11.9 Å². The van der Waals surface area contributed by atoms with E-state index in [9.17, 15) is 0 Å².